The Kier molecular flexibility index (Phi) is 8.67. The second kappa shape index (κ2) is 11.0. The standard InChI is InChI=1S/C19H27ClN4O2S/c1-5-21-19(22-8-7-15-12-27-13(3)24-15)23-11-14-9-16(20)18(26-6-2)17(10-14)25-4/h9-10,12H,5-8,11H2,1-4H3,(H2,21,22,23). The van der Waals surface area contributed by atoms with Crippen LogP contribution < -0.4 is 20.1 Å². The Morgan fingerprint density at radius 1 is 1.30 bits per heavy atom. The van der Waals surface area contributed by atoms with Crippen LogP contribution in [0.1, 0.15) is 30.1 Å². The molecule has 0 unspecified atom stereocenters. The van der Waals surface area contributed by atoms with Gasteiger partial charge >= 0.3 is 0 Å². The van der Waals surface area contributed by atoms with Gasteiger partial charge in [-0.05, 0) is 38.5 Å². The van der Waals surface area contributed by atoms with Crippen LogP contribution in [-0.2, 0) is 13.0 Å². The van der Waals surface area contributed by atoms with Crippen LogP contribution in [0.2, 0.25) is 5.02 Å². The lowest BCUT2D eigenvalue weighted by atomic mass is 10.2. The smallest absolute Gasteiger partial charge is 0.191 e. The largest absolute Gasteiger partial charge is 0.493 e. The van der Waals surface area contributed by atoms with Crippen molar-refractivity contribution in [2.45, 2.75) is 33.7 Å². The van der Waals surface area contributed by atoms with E-state index in [1.54, 1.807) is 18.4 Å². The minimum atomic E-state index is 0.480. The van der Waals surface area contributed by atoms with Gasteiger partial charge in [-0.15, -0.1) is 11.3 Å². The van der Waals surface area contributed by atoms with Gasteiger partial charge in [0.05, 0.1) is 36.0 Å². The molecule has 2 rings (SSSR count). The third-order valence-electron chi connectivity index (χ3n) is 3.68. The van der Waals surface area contributed by atoms with E-state index in [1.165, 1.54) is 0 Å². The lowest BCUT2D eigenvalue weighted by molar-refractivity contribution is 0.311. The van der Waals surface area contributed by atoms with Gasteiger partial charge in [0, 0.05) is 24.9 Å². The van der Waals surface area contributed by atoms with Gasteiger partial charge in [0.25, 0.3) is 0 Å². The summed E-state index contributed by atoms with van der Waals surface area (Å²) in [6.45, 7) is 8.53. The van der Waals surface area contributed by atoms with Crippen molar-refractivity contribution < 1.29 is 9.47 Å². The lowest BCUT2D eigenvalue weighted by Gasteiger charge is -2.13. The van der Waals surface area contributed by atoms with Gasteiger partial charge in [-0.3, -0.25) is 0 Å². The molecule has 1 heterocycles. The van der Waals surface area contributed by atoms with E-state index in [1.807, 2.05) is 32.9 Å². The second-order valence-corrected chi connectivity index (χ2v) is 7.24. The fourth-order valence-electron chi connectivity index (χ4n) is 2.49. The lowest BCUT2D eigenvalue weighted by Crippen LogP contribution is -2.38. The highest BCUT2D eigenvalue weighted by Crippen LogP contribution is 2.36. The first kappa shape index (κ1) is 21.3. The first-order valence-electron chi connectivity index (χ1n) is 8.99. The van der Waals surface area contributed by atoms with Gasteiger partial charge in [0.1, 0.15) is 0 Å². The van der Waals surface area contributed by atoms with Crippen LogP contribution in [-0.4, -0.2) is 37.7 Å². The van der Waals surface area contributed by atoms with Crippen LogP contribution in [0, 0.1) is 6.92 Å². The molecule has 0 aliphatic heterocycles. The molecule has 8 heteroatoms. The van der Waals surface area contributed by atoms with Gasteiger partial charge in [-0.25, -0.2) is 9.98 Å². The van der Waals surface area contributed by atoms with E-state index in [0.717, 1.165) is 41.7 Å². The average molecular weight is 411 g/mol. The zero-order valence-corrected chi connectivity index (χ0v) is 17.8. The first-order valence-corrected chi connectivity index (χ1v) is 10.3. The van der Waals surface area contributed by atoms with E-state index < -0.39 is 0 Å². The normalized spacial score (nSPS) is 11.4. The highest BCUT2D eigenvalue weighted by Gasteiger charge is 2.11. The van der Waals surface area contributed by atoms with Crippen molar-refractivity contribution in [3.05, 3.63) is 38.8 Å². The molecule has 0 fully saturated rings. The molecule has 0 saturated carbocycles. The van der Waals surface area contributed by atoms with Crippen LogP contribution in [0.25, 0.3) is 0 Å². The minimum absolute atomic E-state index is 0.480. The van der Waals surface area contributed by atoms with E-state index in [2.05, 4.69) is 26.0 Å². The number of hydrogen-bond acceptors (Lipinski definition) is 5. The van der Waals surface area contributed by atoms with Crippen molar-refractivity contribution in [3.63, 3.8) is 0 Å². The zero-order valence-electron chi connectivity index (χ0n) is 16.3. The number of hydrogen-bond donors (Lipinski definition) is 2. The van der Waals surface area contributed by atoms with Crippen LogP contribution in [0.15, 0.2) is 22.5 Å². The molecule has 6 nitrogen and oxygen atoms in total. The van der Waals surface area contributed by atoms with E-state index >= 15 is 0 Å². The highest BCUT2D eigenvalue weighted by molar-refractivity contribution is 7.09. The van der Waals surface area contributed by atoms with Crippen LogP contribution in [0.3, 0.4) is 0 Å². The molecule has 148 valence electrons. The van der Waals surface area contributed by atoms with Gasteiger partial charge in [0.2, 0.25) is 0 Å². The highest BCUT2D eigenvalue weighted by atomic mass is 35.5. The summed E-state index contributed by atoms with van der Waals surface area (Å²) >= 11 is 8.00. The molecular formula is C19H27ClN4O2S. The van der Waals surface area contributed by atoms with Crippen LogP contribution in [0.5, 0.6) is 11.5 Å². The topological polar surface area (TPSA) is 67.8 Å². The number of guanidine groups is 1. The summed E-state index contributed by atoms with van der Waals surface area (Å²) in [5.41, 5.74) is 2.05. The number of aryl methyl sites for hydroxylation is 1. The van der Waals surface area contributed by atoms with Gasteiger partial charge in [-0.2, -0.15) is 0 Å². The zero-order chi connectivity index (χ0) is 19.6. The van der Waals surface area contributed by atoms with Crippen molar-refractivity contribution in [2.24, 2.45) is 4.99 Å². The number of ether oxygens (including phenoxy) is 2. The Balaban J connectivity index is 2.01. The Morgan fingerprint density at radius 2 is 2.11 bits per heavy atom. The molecule has 0 saturated heterocycles. The van der Waals surface area contributed by atoms with Crippen LogP contribution in [0.4, 0.5) is 0 Å². The van der Waals surface area contributed by atoms with Crippen molar-refractivity contribution in [1.29, 1.82) is 0 Å². The molecule has 2 N–H and O–H groups in total. The molecular weight excluding hydrogens is 384 g/mol. The number of methoxy groups -OCH3 is 1. The van der Waals surface area contributed by atoms with E-state index in [0.29, 0.717) is 29.7 Å². The van der Waals surface area contributed by atoms with Gasteiger partial charge in [-0.1, -0.05) is 11.6 Å². The maximum absolute atomic E-state index is 6.33. The van der Waals surface area contributed by atoms with Crippen molar-refractivity contribution in [3.8, 4) is 11.5 Å². The number of rotatable bonds is 9. The maximum atomic E-state index is 6.33. The third kappa shape index (κ3) is 6.59. The summed E-state index contributed by atoms with van der Waals surface area (Å²) in [6.07, 6.45) is 0.859. The molecule has 1 aromatic heterocycles. The quantitative estimate of drug-likeness (QED) is 0.486. The molecule has 0 aliphatic rings. The van der Waals surface area contributed by atoms with E-state index in [9.17, 15) is 0 Å². The van der Waals surface area contributed by atoms with Gasteiger partial charge < -0.3 is 20.1 Å². The summed E-state index contributed by atoms with van der Waals surface area (Å²) in [4.78, 5) is 9.11. The summed E-state index contributed by atoms with van der Waals surface area (Å²) in [7, 11) is 1.60. The summed E-state index contributed by atoms with van der Waals surface area (Å²) in [5.74, 6) is 1.94. The fourth-order valence-corrected chi connectivity index (χ4v) is 3.43. The minimum Gasteiger partial charge on any atom is -0.493 e. The molecule has 0 bridgehead atoms. The Labute approximate surface area is 170 Å². The van der Waals surface area contributed by atoms with Crippen molar-refractivity contribution >= 4 is 28.9 Å². The number of thiazole rings is 1. The molecule has 0 amide bonds. The Hall–Kier alpha value is -1.99. The second-order valence-electron chi connectivity index (χ2n) is 5.77. The average Bonchev–Trinajstić information content (AvgIpc) is 3.06. The molecule has 0 spiro atoms. The summed E-state index contributed by atoms with van der Waals surface area (Å²) < 4.78 is 10.9. The Morgan fingerprint density at radius 3 is 2.74 bits per heavy atom. The molecule has 1 aromatic carbocycles. The third-order valence-corrected chi connectivity index (χ3v) is 4.79. The Bertz CT molecular complexity index is 764. The number of nitrogens with one attached hydrogen (secondary N) is 2. The fraction of sp³-hybridized carbons (Fsp3) is 0.474. The number of halogens is 1. The molecule has 2 aromatic rings. The monoisotopic (exact) mass is 410 g/mol. The molecule has 0 atom stereocenters. The number of nitrogens with zero attached hydrogens (tertiary/aromatic N) is 2. The van der Waals surface area contributed by atoms with Crippen LogP contribution >= 0.6 is 22.9 Å². The first-order chi connectivity index (χ1) is 13.1. The summed E-state index contributed by atoms with van der Waals surface area (Å²) in [6, 6.07) is 3.77. The van der Waals surface area contributed by atoms with E-state index in [-0.39, 0.29) is 0 Å². The van der Waals surface area contributed by atoms with Crippen molar-refractivity contribution in [1.82, 2.24) is 15.6 Å². The van der Waals surface area contributed by atoms with E-state index in [4.69, 9.17) is 21.1 Å². The number of benzene rings is 1. The van der Waals surface area contributed by atoms with Crippen molar-refractivity contribution in [2.75, 3.05) is 26.8 Å². The summed E-state index contributed by atoms with van der Waals surface area (Å²) in [5, 5.41) is 10.3. The SMILES string of the molecule is CCNC(=NCc1cc(Cl)c(OCC)c(OC)c1)NCCc1csc(C)n1. The molecule has 0 aliphatic carbocycles. The maximum Gasteiger partial charge on any atom is 0.191 e. The number of aromatic nitrogens is 1. The van der Waals surface area contributed by atoms with Gasteiger partial charge in [0.15, 0.2) is 17.5 Å². The molecule has 0 radical (unpaired) electrons. The number of aliphatic imine (C=N–C) groups is 1. The predicted octanol–water partition coefficient (Wildman–Crippen LogP) is 3.81. The predicted molar refractivity (Wildman–Crippen MR) is 113 cm³/mol. The molecule has 27 heavy (non-hydrogen) atoms.